The van der Waals surface area contributed by atoms with Crippen LogP contribution < -0.4 is 9.22 Å². The Kier molecular flexibility index (Phi) is 5.87. The third kappa shape index (κ3) is 4.08. The van der Waals surface area contributed by atoms with Gasteiger partial charge in [0.2, 0.25) is 5.82 Å². The molecule has 0 radical (unpaired) electrons. The van der Waals surface area contributed by atoms with E-state index in [2.05, 4.69) is 15.2 Å². The Bertz CT molecular complexity index is 1190. The fourth-order valence-electron chi connectivity index (χ4n) is 5.26. The first-order valence-corrected chi connectivity index (χ1v) is 12.3. The first-order chi connectivity index (χ1) is 16.2. The molecule has 0 aliphatic carbocycles. The van der Waals surface area contributed by atoms with Crippen LogP contribution in [0.2, 0.25) is 0 Å². The number of hydrogen-bond donors (Lipinski definition) is 0. The van der Waals surface area contributed by atoms with Crippen LogP contribution in [0.3, 0.4) is 0 Å². The predicted molar refractivity (Wildman–Crippen MR) is 123 cm³/mol. The van der Waals surface area contributed by atoms with Gasteiger partial charge in [-0.3, -0.25) is 4.48 Å². The smallest absolute Gasteiger partial charge is 0.420 e. The Hall–Kier alpha value is -2.53. The zero-order valence-corrected chi connectivity index (χ0v) is 20.1. The van der Waals surface area contributed by atoms with E-state index in [4.69, 9.17) is 9.15 Å². The second-order valence-corrected chi connectivity index (χ2v) is 10.2. The van der Waals surface area contributed by atoms with E-state index < -0.39 is 11.7 Å². The normalized spacial score (nSPS) is 23.8. The number of thioether (sulfide) groups is 1. The fourth-order valence-corrected chi connectivity index (χ4v) is 6.14. The molecule has 2 aliphatic heterocycles. The molecule has 0 saturated carbocycles. The molecule has 0 bridgehead atoms. The first-order valence-electron chi connectivity index (χ1n) is 11.3. The molecule has 11 heteroatoms. The van der Waals surface area contributed by atoms with E-state index in [0.717, 1.165) is 54.6 Å². The van der Waals surface area contributed by atoms with Crippen molar-refractivity contribution in [2.75, 3.05) is 26.0 Å². The average Bonchev–Trinajstić information content (AvgIpc) is 3.09. The number of quaternary nitrogens is 1. The lowest BCUT2D eigenvalue weighted by Crippen LogP contribution is -2.28. The number of piperidine rings is 1. The minimum atomic E-state index is -4.42. The molecular formula is C23H27F3N5O2S+. The maximum absolute atomic E-state index is 13.5. The summed E-state index contributed by atoms with van der Waals surface area (Å²) < 4.78 is 53.4. The van der Waals surface area contributed by atoms with Gasteiger partial charge in [-0.1, -0.05) is 11.8 Å². The van der Waals surface area contributed by atoms with Gasteiger partial charge in [0, 0.05) is 37.3 Å². The van der Waals surface area contributed by atoms with Crippen LogP contribution in [-0.2, 0) is 13.2 Å². The molecule has 3 aromatic rings. The summed E-state index contributed by atoms with van der Waals surface area (Å²) in [4.78, 5) is 4.11. The number of hydrogen-bond acceptors (Lipinski definition) is 6. The third-order valence-electron chi connectivity index (χ3n) is 7.07. The molecule has 1 unspecified atom stereocenters. The minimum Gasteiger partial charge on any atom is -0.496 e. The zero-order chi connectivity index (χ0) is 24.1. The molecule has 2 aliphatic rings. The number of aromatic nitrogens is 4. The highest BCUT2D eigenvalue weighted by molar-refractivity contribution is 7.99. The van der Waals surface area contributed by atoms with Crippen LogP contribution in [-0.4, -0.2) is 51.7 Å². The van der Waals surface area contributed by atoms with Crippen molar-refractivity contribution in [2.45, 2.75) is 43.6 Å². The fraction of sp³-hybridized carbons (Fsp3) is 0.522. The second-order valence-electron chi connectivity index (χ2n) is 9.16. The molecule has 0 spiro atoms. The molecule has 3 atom stereocenters. The van der Waals surface area contributed by atoms with Gasteiger partial charge >= 0.3 is 6.18 Å². The Balaban J connectivity index is 1.17. The lowest BCUT2D eigenvalue weighted by molar-refractivity contribution is -0.138. The lowest BCUT2D eigenvalue weighted by Gasteiger charge is -2.20. The van der Waals surface area contributed by atoms with Crippen molar-refractivity contribution in [3.05, 3.63) is 35.9 Å². The number of fused-ring (bicyclic) bond motifs is 1. The van der Waals surface area contributed by atoms with Crippen LogP contribution >= 0.6 is 11.8 Å². The minimum absolute atomic E-state index is 0.119. The number of alkyl halides is 3. The van der Waals surface area contributed by atoms with Crippen LogP contribution in [0.25, 0.3) is 11.6 Å². The Morgan fingerprint density at radius 1 is 1.26 bits per heavy atom. The Labute approximate surface area is 199 Å². The summed E-state index contributed by atoms with van der Waals surface area (Å²) in [5.41, 5.74) is 0.844. The van der Waals surface area contributed by atoms with E-state index in [-0.39, 0.29) is 5.75 Å². The maximum atomic E-state index is 13.5. The molecule has 1 aromatic carbocycles. The summed E-state index contributed by atoms with van der Waals surface area (Å²) in [5.74, 6) is 2.59. The van der Waals surface area contributed by atoms with Gasteiger partial charge in [0.15, 0.2) is 17.3 Å². The third-order valence-corrected chi connectivity index (χ3v) is 8.17. The van der Waals surface area contributed by atoms with Crippen molar-refractivity contribution in [2.24, 2.45) is 13.0 Å². The van der Waals surface area contributed by atoms with Crippen molar-refractivity contribution in [1.29, 1.82) is 0 Å². The summed E-state index contributed by atoms with van der Waals surface area (Å²) in [6.45, 7) is 3.70. The number of nitrogens with zero attached hydrogens (tertiary/aromatic N) is 5. The second kappa shape index (κ2) is 8.60. The molecule has 2 fully saturated rings. The summed E-state index contributed by atoms with van der Waals surface area (Å²) in [5, 5.41) is 9.34. The summed E-state index contributed by atoms with van der Waals surface area (Å²) in [6, 6.07) is 4.98. The van der Waals surface area contributed by atoms with Crippen molar-refractivity contribution < 1.29 is 22.3 Å². The van der Waals surface area contributed by atoms with Crippen molar-refractivity contribution in [3.8, 4) is 17.3 Å². The number of methoxy groups -OCH3 is 1. The van der Waals surface area contributed by atoms with Gasteiger partial charge in [0.25, 0.3) is 0 Å². The van der Waals surface area contributed by atoms with Gasteiger partial charge in [-0.15, -0.1) is 10.2 Å². The van der Waals surface area contributed by atoms with E-state index >= 15 is 0 Å². The van der Waals surface area contributed by atoms with Gasteiger partial charge < -0.3 is 13.7 Å². The number of rotatable bonds is 8. The van der Waals surface area contributed by atoms with Gasteiger partial charge in [-0.05, 0) is 25.8 Å². The maximum Gasteiger partial charge on any atom is 0.420 e. The number of benzene rings is 1. The largest absolute Gasteiger partial charge is 0.496 e. The van der Waals surface area contributed by atoms with Gasteiger partial charge in [0.05, 0.1) is 19.3 Å². The molecule has 0 amide bonds. The molecule has 2 aromatic heterocycles. The number of ether oxygens (including phenoxy) is 1. The summed E-state index contributed by atoms with van der Waals surface area (Å²) >= 11 is 1.65. The number of aryl methyl sites for hydroxylation is 1. The highest BCUT2D eigenvalue weighted by atomic mass is 32.2. The van der Waals surface area contributed by atoms with E-state index in [1.807, 2.05) is 18.5 Å². The highest BCUT2D eigenvalue weighted by Gasteiger charge is 2.63. The van der Waals surface area contributed by atoms with E-state index in [1.54, 1.807) is 17.8 Å². The van der Waals surface area contributed by atoms with Crippen LogP contribution in [0, 0.1) is 12.8 Å². The SMILES string of the molecule is COc1ccc([N@@+]23CC(CCCSc4nnc(-c5ocnc5C)n4C)C[C@@H]2C3)cc1C(F)(F)F. The lowest BCUT2D eigenvalue weighted by atomic mass is 10.00. The van der Waals surface area contributed by atoms with Gasteiger partial charge in [-0.25, -0.2) is 4.98 Å². The van der Waals surface area contributed by atoms with Crippen LogP contribution in [0.5, 0.6) is 5.75 Å². The average molecular weight is 495 g/mol. The molecule has 4 heterocycles. The molecule has 5 rings (SSSR count). The van der Waals surface area contributed by atoms with Crippen LogP contribution in [0.1, 0.15) is 30.5 Å². The molecule has 0 N–H and O–H groups in total. The predicted octanol–water partition coefficient (Wildman–Crippen LogP) is 5.09. The van der Waals surface area contributed by atoms with E-state index in [9.17, 15) is 13.2 Å². The van der Waals surface area contributed by atoms with Crippen molar-refractivity contribution >= 4 is 17.4 Å². The Morgan fingerprint density at radius 2 is 2.09 bits per heavy atom. The standard InChI is InChI=1S/C23H27F3N5O2S/c1-14-20(33-13-27-14)21-28-29-22(30(21)2)34-8-4-5-15-9-17-12-31(17,11-15)16-6-7-19(32-3)18(10-16)23(24,25)26/h6-7,10,13,15,17H,4-5,8-9,11-12H2,1-3H3/q+1/t15?,17-,31+/m1/s1. The van der Waals surface area contributed by atoms with Crippen LogP contribution in [0.4, 0.5) is 18.9 Å². The molecule has 2 saturated heterocycles. The van der Waals surface area contributed by atoms with Crippen molar-refractivity contribution in [1.82, 2.24) is 24.2 Å². The summed E-state index contributed by atoms with van der Waals surface area (Å²) in [6.07, 6.45) is 0.115. The van der Waals surface area contributed by atoms with E-state index in [1.165, 1.54) is 25.6 Å². The van der Waals surface area contributed by atoms with Gasteiger partial charge in [0.1, 0.15) is 29.6 Å². The molecule has 7 nitrogen and oxygen atoms in total. The van der Waals surface area contributed by atoms with Gasteiger partial charge in [-0.2, -0.15) is 13.2 Å². The molecular weight excluding hydrogens is 467 g/mol. The monoisotopic (exact) mass is 494 g/mol. The highest BCUT2D eigenvalue weighted by Crippen LogP contribution is 2.51. The topological polar surface area (TPSA) is 66.0 Å². The molecule has 182 valence electrons. The van der Waals surface area contributed by atoms with Crippen LogP contribution in [0.15, 0.2) is 34.2 Å². The van der Waals surface area contributed by atoms with E-state index in [0.29, 0.717) is 28.0 Å². The number of oxazole rings is 1. The first kappa shape index (κ1) is 23.2. The zero-order valence-electron chi connectivity index (χ0n) is 19.3. The summed E-state index contributed by atoms with van der Waals surface area (Å²) in [7, 11) is 3.19. The van der Waals surface area contributed by atoms with Crippen molar-refractivity contribution in [3.63, 3.8) is 0 Å². The number of halogens is 3. The quantitative estimate of drug-likeness (QED) is 0.188. The molecule has 34 heavy (non-hydrogen) atoms. The Morgan fingerprint density at radius 3 is 2.79 bits per heavy atom.